The Kier molecular flexibility index (Phi) is 2.86. The lowest BCUT2D eigenvalue weighted by Gasteiger charge is -2.41. The monoisotopic (exact) mass is 245 g/mol. The third kappa shape index (κ3) is 1.66. The van der Waals surface area contributed by atoms with Gasteiger partial charge in [0.15, 0.2) is 0 Å². The smallest absolute Gasteiger partial charge is 0.124 e. The van der Waals surface area contributed by atoms with Crippen molar-refractivity contribution in [3.8, 4) is 5.75 Å². The molecule has 0 radical (unpaired) electrons. The van der Waals surface area contributed by atoms with Crippen molar-refractivity contribution < 1.29 is 4.74 Å². The molecular formula is C16H23NO. The molecule has 0 aromatic heterocycles. The molecule has 1 aromatic carbocycles. The standard InChI is InChI=1S/C16H23NO/c1-11-13-7-4-3-6-12(13)10-14(18-2)15(11)16(17)8-5-9-16/h10H,3-9,17H2,1-2H3. The molecule has 2 aliphatic rings. The van der Waals surface area contributed by atoms with Crippen LogP contribution in [0, 0.1) is 6.92 Å². The second kappa shape index (κ2) is 4.27. The fourth-order valence-electron chi connectivity index (χ4n) is 3.67. The first-order chi connectivity index (χ1) is 8.65. The molecule has 0 saturated heterocycles. The first-order valence-electron chi connectivity index (χ1n) is 7.14. The number of methoxy groups -OCH3 is 1. The number of rotatable bonds is 2. The summed E-state index contributed by atoms with van der Waals surface area (Å²) in [6, 6.07) is 2.25. The molecule has 0 unspecified atom stereocenters. The van der Waals surface area contributed by atoms with Crippen molar-refractivity contribution in [2.45, 2.75) is 57.4 Å². The Labute approximate surface area is 110 Å². The zero-order chi connectivity index (χ0) is 12.8. The highest BCUT2D eigenvalue weighted by atomic mass is 16.5. The van der Waals surface area contributed by atoms with Gasteiger partial charge in [-0.2, -0.15) is 0 Å². The Morgan fingerprint density at radius 3 is 2.50 bits per heavy atom. The summed E-state index contributed by atoms with van der Waals surface area (Å²) in [4.78, 5) is 0. The normalized spacial score (nSPS) is 21.1. The molecule has 1 fully saturated rings. The zero-order valence-corrected chi connectivity index (χ0v) is 11.5. The molecule has 18 heavy (non-hydrogen) atoms. The number of hydrogen-bond donors (Lipinski definition) is 1. The van der Waals surface area contributed by atoms with E-state index in [1.54, 1.807) is 12.7 Å². The van der Waals surface area contributed by atoms with E-state index in [0.29, 0.717) is 0 Å². The maximum Gasteiger partial charge on any atom is 0.124 e. The molecular weight excluding hydrogens is 222 g/mol. The van der Waals surface area contributed by atoms with Gasteiger partial charge in [0.1, 0.15) is 5.75 Å². The quantitative estimate of drug-likeness (QED) is 0.868. The van der Waals surface area contributed by atoms with E-state index in [2.05, 4.69) is 13.0 Å². The molecule has 1 aromatic rings. The lowest BCUT2D eigenvalue weighted by atomic mass is 9.69. The van der Waals surface area contributed by atoms with Crippen molar-refractivity contribution in [2.24, 2.45) is 5.73 Å². The molecule has 98 valence electrons. The minimum atomic E-state index is -0.123. The van der Waals surface area contributed by atoms with E-state index in [-0.39, 0.29) is 5.54 Å². The first-order valence-corrected chi connectivity index (χ1v) is 7.14. The topological polar surface area (TPSA) is 35.2 Å². The number of hydrogen-bond acceptors (Lipinski definition) is 2. The Hall–Kier alpha value is -1.02. The van der Waals surface area contributed by atoms with Gasteiger partial charge < -0.3 is 10.5 Å². The van der Waals surface area contributed by atoms with Gasteiger partial charge in [0.05, 0.1) is 7.11 Å². The van der Waals surface area contributed by atoms with Crippen LogP contribution in [0.15, 0.2) is 6.07 Å². The lowest BCUT2D eigenvalue weighted by molar-refractivity contribution is 0.242. The van der Waals surface area contributed by atoms with Crippen molar-refractivity contribution in [2.75, 3.05) is 7.11 Å². The predicted molar refractivity (Wildman–Crippen MR) is 74.1 cm³/mol. The highest BCUT2D eigenvalue weighted by Gasteiger charge is 2.39. The SMILES string of the molecule is COc1cc2c(c(C)c1C1(N)CCC1)CCCC2. The Morgan fingerprint density at radius 1 is 1.17 bits per heavy atom. The molecule has 1 saturated carbocycles. The van der Waals surface area contributed by atoms with Crippen molar-refractivity contribution in [3.05, 3.63) is 28.3 Å². The molecule has 2 heteroatoms. The van der Waals surface area contributed by atoms with Crippen LogP contribution in [0.25, 0.3) is 0 Å². The summed E-state index contributed by atoms with van der Waals surface area (Å²) in [6.07, 6.45) is 8.49. The largest absolute Gasteiger partial charge is 0.496 e. The van der Waals surface area contributed by atoms with Crippen LogP contribution in [-0.2, 0) is 18.4 Å². The Morgan fingerprint density at radius 2 is 1.89 bits per heavy atom. The van der Waals surface area contributed by atoms with E-state index < -0.39 is 0 Å². The van der Waals surface area contributed by atoms with Gasteiger partial charge in [0.2, 0.25) is 0 Å². The molecule has 0 aliphatic heterocycles. The van der Waals surface area contributed by atoms with E-state index in [1.807, 2.05) is 0 Å². The van der Waals surface area contributed by atoms with Crippen LogP contribution in [0.3, 0.4) is 0 Å². The average molecular weight is 245 g/mol. The molecule has 2 aliphatic carbocycles. The summed E-state index contributed by atoms with van der Waals surface area (Å²) < 4.78 is 5.63. The Balaban J connectivity index is 2.17. The van der Waals surface area contributed by atoms with Crippen LogP contribution in [0.5, 0.6) is 5.75 Å². The zero-order valence-electron chi connectivity index (χ0n) is 11.5. The van der Waals surface area contributed by atoms with Gasteiger partial charge in [-0.05, 0) is 74.6 Å². The molecule has 0 amide bonds. The van der Waals surface area contributed by atoms with Crippen LogP contribution in [0.2, 0.25) is 0 Å². The van der Waals surface area contributed by atoms with Gasteiger partial charge in [0, 0.05) is 11.1 Å². The summed E-state index contributed by atoms with van der Waals surface area (Å²) in [5.74, 6) is 1.02. The van der Waals surface area contributed by atoms with Crippen LogP contribution < -0.4 is 10.5 Å². The van der Waals surface area contributed by atoms with E-state index >= 15 is 0 Å². The van der Waals surface area contributed by atoms with Crippen molar-refractivity contribution in [1.82, 2.24) is 0 Å². The highest BCUT2D eigenvalue weighted by molar-refractivity contribution is 5.53. The fourth-order valence-corrected chi connectivity index (χ4v) is 3.67. The minimum Gasteiger partial charge on any atom is -0.496 e. The number of benzene rings is 1. The Bertz CT molecular complexity index is 474. The minimum absolute atomic E-state index is 0.123. The summed E-state index contributed by atoms with van der Waals surface area (Å²) in [7, 11) is 1.77. The molecule has 0 bridgehead atoms. The van der Waals surface area contributed by atoms with E-state index in [1.165, 1.54) is 48.8 Å². The second-order valence-corrected chi connectivity index (χ2v) is 5.93. The van der Waals surface area contributed by atoms with Gasteiger partial charge >= 0.3 is 0 Å². The summed E-state index contributed by atoms with van der Waals surface area (Å²) in [6.45, 7) is 2.24. The predicted octanol–water partition coefficient (Wildman–Crippen LogP) is 3.22. The van der Waals surface area contributed by atoms with Crippen LogP contribution in [0.4, 0.5) is 0 Å². The maximum atomic E-state index is 6.55. The third-order valence-corrected chi connectivity index (χ3v) is 4.85. The lowest BCUT2D eigenvalue weighted by Crippen LogP contribution is -2.44. The van der Waals surface area contributed by atoms with Gasteiger partial charge in [-0.3, -0.25) is 0 Å². The molecule has 3 rings (SSSR count). The van der Waals surface area contributed by atoms with E-state index in [9.17, 15) is 0 Å². The first kappa shape index (κ1) is 12.0. The maximum absolute atomic E-state index is 6.55. The van der Waals surface area contributed by atoms with Crippen molar-refractivity contribution >= 4 is 0 Å². The van der Waals surface area contributed by atoms with Gasteiger partial charge in [0.25, 0.3) is 0 Å². The molecule has 0 atom stereocenters. The summed E-state index contributed by atoms with van der Waals surface area (Å²) in [5.41, 5.74) is 12.2. The molecule has 2 nitrogen and oxygen atoms in total. The van der Waals surface area contributed by atoms with Crippen LogP contribution in [-0.4, -0.2) is 7.11 Å². The van der Waals surface area contributed by atoms with E-state index in [4.69, 9.17) is 10.5 Å². The summed E-state index contributed by atoms with van der Waals surface area (Å²) >= 11 is 0. The number of fused-ring (bicyclic) bond motifs is 1. The van der Waals surface area contributed by atoms with Gasteiger partial charge in [-0.15, -0.1) is 0 Å². The highest BCUT2D eigenvalue weighted by Crippen LogP contribution is 2.46. The number of nitrogens with two attached hydrogens (primary N) is 1. The summed E-state index contributed by atoms with van der Waals surface area (Å²) in [5, 5.41) is 0. The van der Waals surface area contributed by atoms with Crippen molar-refractivity contribution in [1.29, 1.82) is 0 Å². The van der Waals surface area contributed by atoms with E-state index in [0.717, 1.165) is 18.6 Å². The fraction of sp³-hybridized carbons (Fsp3) is 0.625. The van der Waals surface area contributed by atoms with Gasteiger partial charge in [-0.1, -0.05) is 0 Å². The van der Waals surface area contributed by atoms with Crippen LogP contribution >= 0.6 is 0 Å². The molecule has 0 heterocycles. The second-order valence-electron chi connectivity index (χ2n) is 5.93. The molecule has 2 N–H and O–H groups in total. The number of aryl methyl sites for hydroxylation is 1. The van der Waals surface area contributed by atoms with Gasteiger partial charge in [-0.25, -0.2) is 0 Å². The average Bonchev–Trinajstić information content (AvgIpc) is 2.36. The van der Waals surface area contributed by atoms with Crippen LogP contribution in [0.1, 0.15) is 54.4 Å². The van der Waals surface area contributed by atoms with Crippen molar-refractivity contribution in [3.63, 3.8) is 0 Å². The molecule has 0 spiro atoms. The number of ether oxygens (including phenoxy) is 1. The third-order valence-electron chi connectivity index (χ3n) is 4.85.